The molecule has 1 aliphatic heterocycles. The second-order valence-corrected chi connectivity index (χ2v) is 12.2. The number of aromatic nitrogens is 3. The Balaban J connectivity index is 0.932. The van der Waals surface area contributed by atoms with Gasteiger partial charge in [0.05, 0.1) is 20.9 Å². The first-order valence-electron chi connectivity index (χ1n) is 14.6. The minimum atomic E-state index is -0.544. The number of ether oxygens (including phenoxy) is 1. The summed E-state index contributed by atoms with van der Waals surface area (Å²) in [5.41, 5.74) is 4.01. The summed E-state index contributed by atoms with van der Waals surface area (Å²) in [7, 11) is 0. The van der Waals surface area contributed by atoms with E-state index in [1.807, 2.05) is 29.7 Å². The number of fused-ring (bicyclic) bond motifs is 1. The molecule has 7 nitrogen and oxygen atoms in total. The molecule has 0 unspecified atom stereocenters. The van der Waals surface area contributed by atoms with Crippen LogP contribution in [-0.2, 0) is 6.42 Å². The summed E-state index contributed by atoms with van der Waals surface area (Å²) >= 11 is 1.82. The molecule has 3 heterocycles. The summed E-state index contributed by atoms with van der Waals surface area (Å²) in [5, 5.41) is 19.3. The number of rotatable bonds is 10. The van der Waals surface area contributed by atoms with E-state index in [-0.39, 0.29) is 12.4 Å². The molecule has 40 heavy (non-hydrogen) atoms. The highest BCUT2D eigenvalue weighted by Crippen LogP contribution is 2.37. The monoisotopic (exact) mass is 563 g/mol. The molecule has 1 saturated carbocycles. The largest absolute Gasteiger partial charge is 0.491 e. The van der Waals surface area contributed by atoms with E-state index >= 15 is 0 Å². The van der Waals surface area contributed by atoms with E-state index in [9.17, 15) is 9.50 Å². The van der Waals surface area contributed by atoms with E-state index in [1.54, 1.807) is 12.1 Å². The van der Waals surface area contributed by atoms with Crippen molar-refractivity contribution in [3.63, 3.8) is 0 Å². The molecule has 4 aromatic rings. The normalized spacial score (nSPS) is 18.4. The highest BCUT2D eigenvalue weighted by atomic mass is 32.1. The van der Waals surface area contributed by atoms with Crippen molar-refractivity contribution in [3.05, 3.63) is 65.2 Å². The molecule has 2 fully saturated rings. The maximum absolute atomic E-state index is 13.3. The van der Waals surface area contributed by atoms with Crippen LogP contribution >= 0.6 is 11.3 Å². The first kappa shape index (κ1) is 27.3. The second kappa shape index (κ2) is 12.8. The maximum Gasteiger partial charge on any atom is 0.123 e. The first-order chi connectivity index (χ1) is 19.6. The highest BCUT2D eigenvalue weighted by Gasteiger charge is 2.21. The van der Waals surface area contributed by atoms with Crippen molar-refractivity contribution in [2.75, 3.05) is 45.9 Å². The summed E-state index contributed by atoms with van der Waals surface area (Å²) in [5.74, 6) is 1.15. The lowest BCUT2D eigenvalue weighted by atomic mass is 9.90. The van der Waals surface area contributed by atoms with E-state index in [1.165, 1.54) is 53.9 Å². The number of hydrogen-bond acceptors (Lipinski definition) is 7. The predicted octanol–water partition coefficient (Wildman–Crippen LogP) is 5.47. The van der Waals surface area contributed by atoms with Crippen LogP contribution in [0.1, 0.15) is 48.7 Å². The Bertz CT molecular complexity index is 1380. The molecular weight excluding hydrogens is 525 g/mol. The zero-order valence-electron chi connectivity index (χ0n) is 22.9. The van der Waals surface area contributed by atoms with Gasteiger partial charge >= 0.3 is 0 Å². The number of aliphatic hydroxyl groups excluding tert-OH is 1. The lowest BCUT2D eigenvalue weighted by molar-refractivity contribution is 0.0463. The number of H-pyrrole nitrogens is 1. The number of benzene rings is 2. The molecule has 9 heteroatoms. The third-order valence-electron chi connectivity index (χ3n) is 8.25. The highest BCUT2D eigenvalue weighted by molar-refractivity contribution is 7.18. The zero-order chi connectivity index (χ0) is 27.3. The second-order valence-electron chi connectivity index (χ2n) is 11.1. The molecule has 212 valence electrons. The summed E-state index contributed by atoms with van der Waals surface area (Å²) in [6.45, 7) is 5.53. The topological polar surface area (TPSA) is 77.5 Å². The van der Waals surface area contributed by atoms with Gasteiger partial charge in [-0.3, -0.25) is 10.00 Å². The predicted molar refractivity (Wildman–Crippen MR) is 158 cm³/mol. The number of aromatic amines is 1. The number of nitrogens with zero attached hydrogens (tertiary/aromatic N) is 4. The van der Waals surface area contributed by atoms with Crippen LogP contribution < -0.4 is 4.74 Å². The molecule has 1 saturated heterocycles. The number of aliphatic hydroxyl groups is 1. The third kappa shape index (κ3) is 6.71. The van der Waals surface area contributed by atoms with Crippen LogP contribution in [0, 0.1) is 5.82 Å². The Kier molecular flexibility index (Phi) is 8.72. The molecule has 2 aromatic heterocycles. The Hall–Kier alpha value is -2.85. The van der Waals surface area contributed by atoms with Crippen molar-refractivity contribution < 1.29 is 14.2 Å². The minimum absolute atomic E-state index is 0.233. The molecule has 1 aliphatic carbocycles. The minimum Gasteiger partial charge on any atom is -0.491 e. The van der Waals surface area contributed by atoms with Crippen LogP contribution in [0.4, 0.5) is 4.39 Å². The molecule has 0 radical (unpaired) electrons. The number of halogens is 1. The fourth-order valence-electron chi connectivity index (χ4n) is 5.93. The smallest absolute Gasteiger partial charge is 0.123 e. The summed E-state index contributed by atoms with van der Waals surface area (Å²) in [4.78, 5) is 9.67. The van der Waals surface area contributed by atoms with E-state index in [4.69, 9.17) is 9.72 Å². The van der Waals surface area contributed by atoms with Crippen LogP contribution in [0.25, 0.3) is 21.3 Å². The van der Waals surface area contributed by atoms with E-state index in [0.717, 1.165) is 67.2 Å². The number of thiazole rings is 1. The Morgan fingerprint density at radius 3 is 2.60 bits per heavy atom. The van der Waals surface area contributed by atoms with E-state index in [2.05, 4.69) is 26.1 Å². The Labute approximate surface area is 239 Å². The molecule has 6 rings (SSSR count). The molecule has 0 amide bonds. The average Bonchev–Trinajstić information content (AvgIpc) is 3.64. The summed E-state index contributed by atoms with van der Waals surface area (Å²) in [6, 6.07) is 12.7. The van der Waals surface area contributed by atoms with Gasteiger partial charge in [-0.15, -0.1) is 11.3 Å². The van der Waals surface area contributed by atoms with Crippen molar-refractivity contribution in [1.29, 1.82) is 0 Å². The maximum atomic E-state index is 13.3. The molecular formula is C31H38FN5O2S. The molecule has 0 bridgehead atoms. The molecule has 0 spiro atoms. The van der Waals surface area contributed by atoms with Gasteiger partial charge in [-0.2, -0.15) is 5.10 Å². The van der Waals surface area contributed by atoms with Crippen molar-refractivity contribution in [1.82, 2.24) is 25.0 Å². The first-order valence-corrected chi connectivity index (χ1v) is 15.4. The van der Waals surface area contributed by atoms with Crippen LogP contribution in [0.15, 0.2) is 48.7 Å². The van der Waals surface area contributed by atoms with Crippen molar-refractivity contribution in [2.24, 2.45) is 0 Å². The zero-order valence-corrected chi connectivity index (χ0v) is 23.7. The Morgan fingerprint density at radius 1 is 1.02 bits per heavy atom. The van der Waals surface area contributed by atoms with Gasteiger partial charge in [0.2, 0.25) is 0 Å². The van der Waals surface area contributed by atoms with Gasteiger partial charge in [-0.05, 0) is 42.7 Å². The fourth-order valence-corrected chi connectivity index (χ4v) is 7.05. The van der Waals surface area contributed by atoms with Gasteiger partial charge in [0.15, 0.2) is 0 Å². The van der Waals surface area contributed by atoms with Crippen LogP contribution in [0.2, 0.25) is 0 Å². The Morgan fingerprint density at radius 2 is 1.80 bits per heavy atom. The lowest BCUT2D eigenvalue weighted by Crippen LogP contribution is -2.49. The number of hydrogen-bond donors (Lipinski definition) is 2. The van der Waals surface area contributed by atoms with Gasteiger partial charge < -0.3 is 14.7 Å². The number of β-amino-alcohol motifs (C(OH)–C–C–N with tert-alkyl or cyclic N) is 1. The van der Waals surface area contributed by atoms with Gasteiger partial charge in [0.25, 0.3) is 0 Å². The van der Waals surface area contributed by atoms with Crippen LogP contribution in [-0.4, -0.2) is 82.1 Å². The molecule has 2 N–H and O–H groups in total. The van der Waals surface area contributed by atoms with Gasteiger partial charge in [0, 0.05) is 69.4 Å². The van der Waals surface area contributed by atoms with Gasteiger partial charge in [-0.25, -0.2) is 9.37 Å². The average molecular weight is 564 g/mol. The molecule has 2 aliphatic rings. The standard InChI is InChI=1S/C31H38FN5O2S/c32-24-8-6-22(7-9-24)27-19-33-35-28(27)12-13-36-14-16-37(17-15-36)20-25(38)21-39-26-10-11-30-29(18-26)34-31(40-30)23-4-2-1-3-5-23/h6-11,18-19,23,25,38H,1-5,12-17,20-21H2,(H,33,35)/t25-/m0/s1. The van der Waals surface area contributed by atoms with Crippen molar-refractivity contribution >= 4 is 21.6 Å². The van der Waals surface area contributed by atoms with Gasteiger partial charge in [0.1, 0.15) is 24.3 Å². The lowest BCUT2D eigenvalue weighted by Gasteiger charge is -2.35. The summed E-state index contributed by atoms with van der Waals surface area (Å²) in [6.07, 6.45) is 8.66. The van der Waals surface area contributed by atoms with Crippen molar-refractivity contribution in [3.8, 4) is 16.9 Å². The van der Waals surface area contributed by atoms with Crippen molar-refractivity contribution in [2.45, 2.75) is 50.5 Å². The number of piperazine rings is 1. The van der Waals surface area contributed by atoms with Gasteiger partial charge in [-0.1, -0.05) is 31.4 Å². The van der Waals surface area contributed by atoms with E-state index < -0.39 is 6.10 Å². The fraction of sp³-hybridized carbons (Fsp3) is 0.484. The number of nitrogens with one attached hydrogen (secondary N) is 1. The van der Waals surface area contributed by atoms with E-state index in [0.29, 0.717) is 12.5 Å². The third-order valence-corrected chi connectivity index (χ3v) is 9.44. The SMILES string of the molecule is O[C@H](COc1ccc2sc(C3CCCCC3)nc2c1)CN1CCN(CCc2n[nH]cc2-c2ccc(F)cc2)CC1. The van der Waals surface area contributed by atoms with Crippen LogP contribution in [0.5, 0.6) is 5.75 Å². The molecule has 2 aromatic carbocycles. The summed E-state index contributed by atoms with van der Waals surface area (Å²) < 4.78 is 20.5. The quantitative estimate of drug-likeness (QED) is 0.266. The van der Waals surface area contributed by atoms with Crippen LogP contribution in [0.3, 0.4) is 0 Å². The molecule has 1 atom stereocenters.